The van der Waals surface area contributed by atoms with Crippen LogP contribution in [0.3, 0.4) is 0 Å². The fraction of sp³-hybridized carbons (Fsp3) is 0.250. The maximum atomic E-state index is 5.78. The van der Waals surface area contributed by atoms with Gasteiger partial charge < -0.3 is 10.1 Å². The summed E-state index contributed by atoms with van der Waals surface area (Å²) < 4.78 is 6.97. The van der Waals surface area contributed by atoms with Gasteiger partial charge in [0.2, 0.25) is 0 Å². The van der Waals surface area contributed by atoms with E-state index in [1.54, 1.807) is 0 Å². The van der Waals surface area contributed by atoms with Gasteiger partial charge in [0.15, 0.2) is 0 Å². The number of hydrogen-bond acceptors (Lipinski definition) is 2. The second-order valence-electron chi connectivity index (χ2n) is 4.42. The van der Waals surface area contributed by atoms with E-state index in [4.69, 9.17) is 4.74 Å². The Bertz CT molecular complexity index is 510. The molecule has 2 aromatic rings. The van der Waals surface area contributed by atoms with Crippen LogP contribution in [0.25, 0.3) is 0 Å². The Morgan fingerprint density at radius 2 is 1.79 bits per heavy atom. The lowest BCUT2D eigenvalue weighted by atomic mass is 10.1. The first-order valence-electron chi connectivity index (χ1n) is 6.39. The molecule has 1 N–H and O–H groups in total. The zero-order valence-corrected chi connectivity index (χ0v) is 13.2. The highest BCUT2D eigenvalue weighted by molar-refractivity contribution is 14.1. The van der Waals surface area contributed by atoms with Crippen LogP contribution < -0.4 is 10.1 Å². The molecule has 0 heterocycles. The second-order valence-corrected chi connectivity index (χ2v) is 5.66. The van der Waals surface area contributed by atoms with Crippen molar-refractivity contribution in [2.45, 2.75) is 13.0 Å². The first-order chi connectivity index (χ1) is 9.28. The molecule has 0 aromatic heterocycles. The van der Waals surface area contributed by atoms with Crippen molar-refractivity contribution in [3.05, 3.63) is 63.2 Å². The largest absolute Gasteiger partial charge is 0.489 e. The molecule has 0 fully saturated rings. The van der Waals surface area contributed by atoms with Crippen molar-refractivity contribution in [1.82, 2.24) is 5.32 Å². The van der Waals surface area contributed by atoms with Gasteiger partial charge in [0.25, 0.3) is 0 Å². The second kappa shape index (κ2) is 7.50. The molecule has 0 atom stereocenters. The molecule has 0 radical (unpaired) electrons. The average molecular weight is 367 g/mol. The third-order valence-corrected chi connectivity index (χ3v) is 3.56. The summed E-state index contributed by atoms with van der Waals surface area (Å²) in [4.78, 5) is 0. The molecular weight excluding hydrogens is 349 g/mol. The molecule has 3 heteroatoms. The van der Waals surface area contributed by atoms with Crippen molar-refractivity contribution >= 4 is 22.6 Å². The molecule has 0 aliphatic rings. The Labute approximate surface area is 128 Å². The Morgan fingerprint density at radius 1 is 1.05 bits per heavy atom. The summed E-state index contributed by atoms with van der Waals surface area (Å²) in [6, 6.07) is 16.7. The van der Waals surface area contributed by atoms with Crippen molar-refractivity contribution < 1.29 is 4.74 Å². The van der Waals surface area contributed by atoms with Crippen molar-refractivity contribution in [3.8, 4) is 5.75 Å². The molecule has 0 aliphatic carbocycles. The number of ether oxygens (including phenoxy) is 1. The van der Waals surface area contributed by atoms with Crippen LogP contribution in [0.5, 0.6) is 5.75 Å². The minimum Gasteiger partial charge on any atom is -0.489 e. The third kappa shape index (κ3) is 4.84. The number of rotatable bonds is 6. The molecule has 2 rings (SSSR count). The average Bonchev–Trinajstić information content (AvgIpc) is 2.44. The number of likely N-dealkylation sites (N-methyl/N-ethyl adjacent to an activating group) is 1. The van der Waals surface area contributed by atoms with Gasteiger partial charge in [-0.3, -0.25) is 0 Å². The lowest BCUT2D eigenvalue weighted by Gasteiger charge is -2.07. The summed E-state index contributed by atoms with van der Waals surface area (Å²) in [5.41, 5.74) is 2.56. The van der Waals surface area contributed by atoms with Gasteiger partial charge in [-0.1, -0.05) is 30.3 Å². The maximum absolute atomic E-state index is 5.78. The van der Waals surface area contributed by atoms with E-state index in [-0.39, 0.29) is 0 Å². The Morgan fingerprint density at radius 3 is 2.47 bits per heavy atom. The fourth-order valence-electron chi connectivity index (χ4n) is 1.79. The lowest BCUT2D eigenvalue weighted by molar-refractivity contribution is 0.306. The number of halogens is 1. The lowest BCUT2D eigenvalue weighted by Crippen LogP contribution is -2.10. The fourth-order valence-corrected chi connectivity index (χ4v) is 2.31. The number of benzene rings is 2. The van der Waals surface area contributed by atoms with E-state index in [2.05, 4.69) is 58.2 Å². The van der Waals surface area contributed by atoms with Gasteiger partial charge in [0.1, 0.15) is 12.4 Å². The Balaban J connectivity index is 1.89. The van der Waals surface area contributed by atoms with Crippen molar-refractivity contribution in [3.63, 3.8) is 0 Å². The summed E-state index contributed by atoms with van der Waals surface area (Å²) >= 11 is 2.29. The SMILES string of the molecule is CNCCc1ccc(COc2cccc(I)c2)cc1. The standard InChI is InChI=1S/C16H18INO/c1-18-10-9-13-5-7-14(8-6-13)12-19-16-4-2-3-15(17)11-16/h2-8,11,18H,9-10,12H2,1H3. The Kier molecular flexibility index (Phi) is 5.66. The molecule has 0 amide bonds. The van der Waals surface area contributed by atoms with Crippen LogP contribution in [-0.2, 0) is 13.0 Å². The highest BCUT2D eigenvalue weighted by atomic mass is 127. The van der Waals surface area contributed by atoms with Gasteiger partial charge in [0, 0.05) is 3.57 Å². The van der Waals surface area contributed by atoms with Gasteiger partial charge in [-0.2, -0.15) is 0 Å². The molecule has 100 valence electrons. The zero-order chi connectivity index (χ0) is 13.5. The van der Waals surface area contributed by atoms with Gasteiger partial charge in [-0.15, -0.1) is 0 Å². The summed E-state index contributed by atoms with van der Waals surface area (Å²) in [6.07, 6.45) is 1.06. The third-order valence-electron chi connectivity index (χ3n) is 2.89. The summed E-state index contributed by atoms with van der Waals surface area (Å²) in [6.45, 7) is 1.63. The molecule has 2 nitrogen and oxygen atoms in total. The highest BCUT2D eigenvalue weighted by Crippen LogP contribution is 2.16. The molecule has 0 spiro atoms. The Hall–Kier alpha value is -1.07. The summed E-state index contributed by atoms with van der Waals surface area (Å²) in [7, 11) is 1.98. The first-order valence-corrected chi connectivity index (χ1v) is 7.46. The van der Waals surface area contributed by atoms with E-state index < -0.39 is 0 Å². The van der Waals surface area contributed by atoms with E-state index in [1.165, 1.54) is 14.7 Å². The molecule has 0 aliphatic heterocycles. The van der Waals surface area contributed by atoms with E-state index in [9.17, 15) is 0 Å². The molecule has 19 heavy (non-hydrogen) atoms. The molecule has 0 bridgehead atoms. The molecule has 0 saturated heterocycles. The monoisotopic (exact) mass is 367 g/mol. The van der Waals surface area contributed by atoms with Gasteiger partial charge >= 0.3 is 0 Å². The van der Waals surface area contributed by atoms with E-state index in [0.29, 0.717) is 6.61 Å². The number of hydrogen-bond donors (Lipinski definition) is 1. The number of nitrogens with one attached hydrogen (secondary N) is 1. The topological polar surface area (TPSA) is 21.3 Å². The molecule has 0 unspecified atom stereocenters. The molecule has 2 aromatic carbocycles. The minimum atomic E-state index is 0.617. The highest BCUT2D eigenvalue weighted by Gasteiger charge is 1.98. The van der Waals surface area contributed by atoms with Crippen LogP contribution in [0.2, 0.25) is 0 Å². The molecular formula is C16H18INO. The van der Waals surface area contributed by atoms with Crippen LogP contribution in [0.15, 0.2) is 48.5 Å². The van der Waals surface area contributed by atoms with Crippen LogP contribution in [-0.4, -0.2) is 13.6 Å². The van der Waals surface area contributed by atoms with Gasteiger partial charge in [-0.05, 0) is 71.9 Å². The smallest absolute Gasteiger partial charge is 0.120 e. The normalized spacial score (nSPS) is 10.4. The first kappa shape index (κ1) is 14.3. The van der Waals surface area contributed by atoms with Crippen molar-refractivity contribution in [1.29, 1.82) is 0 Å². The maximum Gasteiger partial charge on any atom is 0.120 e. The van der Waals surface area contributed by atoms with E-state index in [1.807, 2.05) is 25.2 Å². The van der Waals surface area contributed by atoms with Crippen molar-refractivity contribution in [2.75, 3.05) is 13.6 Å². The van der Waals surface area contributed by atoms with Gasteiger partial charge in [-0.25, -0.2) is 0 Å². The van der Waals surface area contributed by atoms with Crippen LogP contribution in [0, 0.1) is 3.57 Å². The van der Waals surface area contributed by atoms with E-state index in [0.717, 1.165) is 18.7 Å². The minimum absolute atomic E-state index is 0.617. The van der Waals surface area contributed by atoms with Crippen molar-refractivity contribution in [2.24, 2.45) is 0 Å². The van der Waals surface area contributed by atoms with Crippen LogP contribution in [0.1, 0.15) is 11.1 Å². The zero-order valence-electron chi connectivity index (χ0n) is 11.0. The van der Waals surface area contributed by atoms with Crippen LogP contribution in [0.4, 0.5) is 0 Å². The van der Waals surface area contributed by atoms with E-state index >= 15 is 0 Å². The van der Waals surface area contributed by atoms with Gasteiger partial charge in [0.05, 0.1) is 0 Å². The summed E-state index contributed by atoms with van der Waals surface area (Å²) in [5, 5.41) is 3.16. The molecule has 0 saturated carbocycles. The predicted octanol–water partition coefficient (Wildman–Crippen LogP) is 3.63. The van der Waals surface area contributed by atoms with Crippen LogP contribution >= 0.6 is 22.6 Å². The summed E-state index contributed by atoms with van der Waals surface area (Å²) in [5.74, 6) is 0.922. The quantitative estimate of drug-likeness (QED) is 0.788. The predicted molar refractivity (Wildman–Crippen MR) is 87.6 cm³/mol.